The van der Waals surface area contributed by atoms with E-state index in [1.807, 2.05) is 23.9 Å². The highest BCUT2D eigenvalue weighted by Crippen LogP contribution is 2.20. The van der Waals surface area contributed by atoms with E-state index in [1.165, 1.54) is 16.7 Å². The zero-order valence-electron chi connectivity index (χ0n) is 10.6. The molecule has 0 amide bonds. The Morgan fingerprint density at radius 2 is 1.82 bits per heavy atom. The lowest BCUT2D eigenvalue weighted by molar-refractivity contribution is 0.532. The summed E-state index contributed by atoms with van der Waals surface area (Å²) in [5, 5.41) is 4.35. The smallest absolute Gasteiger partial charge is 0.0568 e. The summed E-state index contributed by atoms with van der Waals surface area (Å²) in [6.07, 6.45) is 8.16. The van der Waals surface area contributed by atoms with Gasteiger partial charge in [-0.15, -0.1) is 0 Å². The van der Waals surface area contributed by atoms with Crippen LogP contribution < -0.4 is 0 Å². The fourth-order valence-electron chi connectivity index (χ4n) is 1.75. The van der Waals surface area contributed by atoms with E-state index >= 15 is 0 Å². The molecule has 0 fully saturated rings. The summed E-state index contributed by atoms with van der Waals surface area (Å²) in [5.41, 5.74) is 3.61. The van der Waals surface area contributed by atoms with Crippen molar-refractivity contribution < 1.29 is 0 Å². The van der Waals surface area contributed by atoms with Crippen LogP contribution in [-0.2, 0) is 0 Å². The second kappa shape index (κ2) is 5.00. The van der Waals surface area contributed by atoms with Crippen molar-refractivity contribution in [1.82, 2.24) is 9.78 Å². The zero-order chi connectivity index (χ0) is 12.3. The number of benzene rings is 1. The Kier molecular flexibility index (Phi) is 3.43. The maximum atomic E-state index is 4.35. The summed E-state index contributed by atoms with van der Waals surface area (Å²) < 4.78 is 1.98. The van der Waals surface area contributed by atoms with Gasteiger partial charge in [0, 0.05) is 17.8 Å². The molecule has 2 rings (SSSR count). The van der Waals surface area contributed by atoms with Crippen molar-refractivity contribution in [2.24, 2.45) is 0 Å². The van der Waals surface area contributed by atoms with Crippen LogP contribution >= 0.6 is 0 Å². The monoisotopic (exact) mass is 226 g/mol. The van der Waals surface area contributed by atoms with Crippen molar-refractivity contribution in [3.8, 4) is 11.1 Å². The standard InChI is InChI=1S/C15H18N2/c1-4-5-13-6-8-14(9-7-13)15-10-16-17(11-15)12(2)3/h4-12H,1-3H3/b5-4-. The third kappa shape index (κ3) is 2.64. The van der Waals surface area contributed by atoms with E-state index < -0.39 is 0 Å². The van der Waals surface area contributed by atoms with Crippen molar-refractivity contribution in [1.29, 1.82) is 0 Å². The first-order chi connectivity index (χ1) is 8.20. The van der Waals surface area contributed by atoms with E-state index in [9.17, 15) is 0 Å². The minimum Gasteiger partial charge on any atom is -0.270 e. The summed E-state index contributed by atoms with van der Waals surface area (Å²) in [5.74, 6) is 0. The Morgan fingerprint density at radius 1 is 1.12 bits per heavy atom. The molecule has 0 bridgehead atoms. The van der Waals surface area contributed by atoms with Gasteiger partial charge in [-0.05, 0) is 31.9 Å². The largest absolute Gasteiger partial charge is 0.270 e. The predicted octanol–water partition coefficient (Wildman–Crippen LogP) is 4.16. The molecule has 0 aliphatic heterocycles. The highest BCUT2D eigenvalue weighted by atomic mass is 15.3. The first kappa shape index (κ1) is 11.6. The van der Waals surface area contributed by atoms with Gasteiger partial charge in [-0.3, -0.25) is 4.68 Å². The summed E-state index contributed by atoms with van der Waals surface area (Å²) in [6, 6.07) is 8.93. The van der Waals surface area contributed by atoms with E-state index in [0.29, 0.717) is 6.04 Å². The van der Waals surface area contributed by atoms with Gasteiger partial charge in [0.1, 0.15) is 0 Å². The van der Waals surface area contributed by atoms with Gasteiger partial charge in [0.05, 0.1) is 6.20 Å². The van der Waals surface area contributed by atoms with Gasteiger partial charge in [0.2, 0.25) is 0 Å². The number of rotatable bonds is 3. The summed E-state index contributed by atoms with van der Waals surface area (Å²) in [4.78, 5) is 0. The Morgan fingerprint density at radius 3 is 2.35 bits per heavy atom. The lowest BCUT2D eigenvalue weighted by Gasteiger charge is -2.03. The van der Waals surface area contributed by atoms with Gasteiger partial charge in [0.25, 0.3) is 0 Å². The predicted molar refractivity (Wildman–Crippen MR) is 72.8 cm³/mol. The molecule has 17 heavy (non-hydrogen) atoms. The molecule has 1 aromatic heterocycles. The average Bonchev–Trinajstić information content (AvgIpc) is 2.80. The van der Waals surface area contributed by atoms with Crippen molar-refractivity contribution in [2.45, 2.75) is 26.8 Å². The van der Waals surface area contributed by atoms with E-state index in [1.54, 1.807) is 0 Å². The fraction of sp³-hybridized carbons (Fsp3) is 0.267. The molecular weight excluding hydrogens is 208 g/mol. The van der Waals surface area contributed by atoms with Crippen molar-refractivity contribution in [2.75, 3.05) is 0 Å². The third-order valence-electron chi connectivity index (χ3n) is 2.73. The van der Waals surface area contributed by atoms with Gasteiger partial charge in [0.15, 0.2) is 0 Å². The molecule has 88 valence electrons. The Bertz CT molecular complexity index is 504. The van der Waals surface area contributed by atoms with Crippen molar-refractivity contribution >= 4 is 6.08 Å². The van der Waals surface area contributed by atoms with Crippen LogP contribution in [0.25, 0.3) is 17.2 Å². The Labute approximate surface area is 103 Å². The Balaban J connectivity index is 2.26. The molecular formula is C15H18N2. The van der Waals surface area contributed by atoms with Crippen LogP contribution in [-0.4, -0.2) is 9.78 Å². The van der Waals surface area contributed by atoms with E-state index in [0.717, 1.165) is 0 Å². The number of aromatic nitrogens is 2. The molecule has 0 saturated carbocycles. The molecule has 1 heterocycles. The molecule has 0 aliphatic carbocycles. The van der Waals surface area contributed by atoms with Crippen LogP contribution in [0.4, 0.5) is 0 Å². The second-order valence-corrected chi connectivity index (χ2v) is 4.42. The molecule has 0 N–H and O–H groups in total. The van der Waals surface area contributed by atoms with Crippen molar-refractivity contribution in [3.63, 3.8) is 0 Å². The summed E-state index contributed by atoms with van der Waals surface area (Å²) in [6.45, 7) is 6.29. The van der Waals surface area contributed by atoms with Crippen LogP contribution in [0, 0.1) is 0 Å². The highest BCUT2D eigenvalue weighted by molar-refractivity contribution is 5.64. The molecule has 0 saturated heterocycles. The number of allylic oxidation sites excluding steroid dienone is 1. The van der Waals surface area contributed by atoms with Gasteiger partial charge in [-0.2, -0.15) is 5.10 Å². The summed E-state index contributed by atoms with van der Waals surface area (Å²) >= 11 is 0. The van der Waals surface area contributed by atoms with E-state index in [4.69, 9.17) is 0 Å². The lowest BCUT2D eigenvalue weighted by atomic mass is 10.1. The quantitative estimate of drug-likeness (QED) is 0.768. The molecule has 2 aromatic rings. The van der Waals surface area contributed by atoms with Crippen LogP contribution in [0.1, 0.15) is 32.4 Å². The average molecular weight is 226 g/mol. The van der Waals surface area contributed by atoms with Crippen LogP contribution in [0.5, 0.6) is 0 Å². The van der Waals surface area contributed by atoms with Gasteiger partial charge >= 0.3 is 0 Å². The third-order valence-corrected chi connectivity index (χ3v) is 2.73. The van der Waals surface area contributed by atoms with Crippen LogP contribution in [0.3, 0.4) is 0 Å². The number of hydrogen-bond acceptors (Lipinski definition) is 1. The minimum atomic E-state index is 0.408. The number of hydrogen-bond donors (Lipinski definition) is 0. The maximum absolute atomic E-state index is 4.35. The van der Waals surface area contributed by atoms with Crippen LogP contribution in [0.2, 0.25) is 0 Å². The first-order valence-corrected chi connectivity index (χ1v) is 5.98. The van der Waals surface area contributed by atoms with Gasteiger partial charge < -0.3 is 0 Å². The van der Waals surface area contributed by atoms with Crippen LogP contribution in [0.15, 0.2) is 42.7 Å². The highest BCUT2D eigenvalue weighted by Gasteiger charge is 2.03. The first-order valence-electron chi connectivity index (χ1n) is 5.98. The normalized spacial score (nSPS) is 11.5. The summed E-state index contributed by atoms with van der Waals surface area (Å²) in [7, 11) is 0. The topological polar surface area (TPSA) is 17.8 Å². The molecule has 0 radical (unpaired) electrons. The molecule has 0 atom stereocenters. The molecule has 0 spiro atoms. The van der Waals surface area contributed by atoms with Gasteiger partial charge in [-0.1, -0.05) is 36.4 Å². The molecule has 0 aliphatic rings. The minimum absolute atomic E-state index is 0.408. The molecule has 0 unspecified atom stereocenters. The SMILES string of the molecule is C/C=C\c1ccc(-c2cnn(C(C)C)c2)cc1. The van der Waals surface area contributed by atoms with E-state index in [-0.39, 0.29) is 0 Å². The molecule has 2 nitrogen and oxygen atoms in total. The number of nitrogens with zero attached hydrogens (tertiary/aromatic N) is 2. The fourth-order valence-corrected chi connectivity index (χ4v) is 1.75. The van der Waals surface area contributed by atoms with E-state index in [2.05, 4.69) is 55.5 Å². The molecule has 2 heteroatoms. The second-order valence-electron chi connectivity index (χ2n) is 4.42. The molecule has 1 aromatic carbocycles. The zero-order valence-corrected chi connectivity index (χ0v) is 10.6. The lowest BCUT2D eigenvalue weighted by Crippen LogP contribution is -1.99. The maximum Gasteiger partial charge on any atom is 0.0568 e. The Hall–Kier alpha value is -1.83. The van der Waals surface area contributed by atoms with Crippen molar-refractivity contribution in [3.05, 3.63) is 48.3 Å². The van der Waals surface area contributed by atoms with Gasteiger partial charge in [-0.25, -0.2) is 0 Å².